The molecule has 0 aliphatic carbocycles. The highest BCUT2D eigenvalue weighted by Crippen LogP contribution is 2.04. The van der Waals surface area contributed by atoms with E-state index < -0.39 is 10.0 Å². The van der Waals surface area contributed by atoms with Gasteiger partial charge in [-0.1, -0.05) is 0 Å². The summed E-state index contributed by atoms with van der Waals surface area (Å²) in [7, 11) is -3.12. The van der Waals surface area contributed by atoms with Crippen molar-refractivity contribution in [2.45, 2.75) is 19.4 Å². The third-order valence-corrected chi connectivity index (χ3v) is 2.33. The Bertz CT molecular complexity index is 341. The molecule has 1 unspecified atom stereocenters. The van der Waals surface area contributed by atoms with Crippen LogP contribution in [-0.2, 0) is 16.4 Å². The Kier molecular flexibility index (Phi) is 3.11. The molecule has 1 N–H and O–H groups in total. The molecule has 1 heterocycles. The normalized spacial score (nSPS) is 14.3. The first kappa shape index (κ1) is 10.3. The summed E-state index contributed by atoms with van der Waals surface area (Å²) in [6.45, 7) is 1.80. The monoisotopic (exact) mass is 203 g/mol. The maximum atomic E-state index is 10.8. The van der Waals surface area contributed by atoms with Crippen LogP contribution in [0.3, 0.4) is 0 Å². The summed E-state index contributed by atoms with van der Waals surface area (Å²) in [6.07, 6.45) is 3.29. The molecule has 74 valence electrons. The van der Waals surface area contributed by atoms with Gasteiger partial charge < -0.3 is 4.42 Å². The molecule has 0 radical (unpaired) electrons. The van der Waals surface area contributed by atoms with Gasteiger partial charge in [-0.25, -0.2) is 13.1 Å². The second kappa shape index (κ2) is 3.93. The van der Waals surface area contributed by atoms with Crippen LogP contribution < -0.4 is 4.72 Å². The van der Waals surface area contributed by atoms with Gasteiger partial charge in [0.05, 0.1) is 12.5 Å². The molecule has 4 nitrogen and oxygen atoms in total. The zero-order chi connectivity index (χ0) is 9.90. The van der Waals surface area contributed by atoms with E-state index in [-0.39, 0.29) is 6.04 Å². The van der Waals surface area contributed by atoms with E-state index in [4.69, 9.17) is 4.42 Å². The molecule has 0 aliphatic heterocycles. The molecule has 1 atom stereocenters. The lowest BCUT2D eigenvalue weighted by atomic mass is 10.2. The predicted molar refractivity (Wildman–Crippen MR) is 49.9 cm³/mol. The Morgan fingerprint density at radius 1 is 1.62 bits per heavy atom. The highest BCUT2D eigenvalue weighted by molar-refractivity contribution is 7.88. The van der Waals surface area contributed by atoms with E-state index in [1.807, 2.05) is 6.07 Å². The van der Waals surface area contributed by atoms with Crippen LogP contribution in [0.25, 0.3) is 0 Å². The molecular weight excluding hydrogens is 190 g/mol. The molecule has 1 aromatic heterocycles. The van der Waals surface area contributed by atoms with E-state index in [9.17, 15) is 8.42 Å². The summed E-state index contributed by atoms with van der Waals surface area (Å²) in [5.74, 6) is 0.781. The minimum Gasteiger partial charge on any atom is -0.469 e. The van der Waals surface area contributed by atoms with E-state index in [0.29, 0.717) is 6.42 Å². The van der Waals surface area contributed by atoms with Crippen LogP contribution in [0, 0.1) is 0 Å². The molecule has 1 aromatic rings. The van der Waals surface area contributed by atoms with Crippen molar-refractivity contribution in [3.05, 3.63) is 24.2 Å². The van der Waals surface area contributed by atoms with Crippen LogP contribution >= 0.6 is 0 Å². The van der Waals surface area contributed by atoms with Crippen molar-refractivity contribution in [2.75, 3.05) is 6.26 Å². The van der Waals surface area contributed by atoms with E-state index in [0.717, 1.165) is 12.0 Å². The molecule has 0 aromatic carbocycles. The van der Waals surface area contributed by atoms with Crippen LogP contribution in [0.15, 0.2) is 22.8 Å². The minimum atomic E-state index is -3.12. The molecular formula is C8H13NO3S. The minimum absolute atomic E-state index is 0.138. The largest absolute Gasteiger partial charge is 0.469 e. The van der Waals surface area contributed by atoms with Gasteiger partial charge >= 0.3 is 0 Å². The van der Waals surface area contributed by atoms with Crippen LogP contribution in [0.1, 0.15) is 12.7 Å². The maximum Gasteiger partial charge on any atom is 0.208 e. The van der Waals surface area contributed by atoms with E-state index in [1.54, 1.807) is 19.3 Å². The first-order chi connectivity index (χ1) is 5.97. The molecule has 5 heteroatoms. The van der Waals surface area contributed by atoms with Crippen LogP contribution in [0.5, 0.6) is 0 Å². The average Bonchev–Trinajstić information content (AvgIpc) is 2.34. The standard InChI is InChI=1S/C8H13NO3S/c1-7(9-13(2,10)11)6-8-4-3-5-12-8/h3-5,7,9H,6H2,1-2H3. The maximum absolute atomic E-state index is 10.8. The Balaban J connectivity index is 2.47. The third kappa shape index (κ3) is 4.10. The number of furan rings is 1. The predicted octanol–water partition coefficient (Wildman–Crippen LogP) is 0.760. The Morgan fingerprint density at radius 2 is 2.31 bits per heavy atom. The van der Waals surface area contributed by atoms with Crippen molar-refractivity contribution in [1.82, 2.24) is 4.72 Å². The van der Waals surface area contributed by atoms with Crippen LogP contribution in [0.2, 0.25) is 0 Å². The van der Waals surface area contributed by atoms with Gasteiger partial charge in [-0.2, -0.15) is 0 Å². The summed E-state index contributed by atoms with van der Waals surface area (Å²) in [5.41, 5.74) is 0. The average molecular weight is 203 g/mol. The lowest BCUT2D eigenvalue weighted by Gasteiger charge is -2.09. The zero-order valence-corrected chi connectivity index (χ0v) is 8.47. The molecule has 0 saturated carbocycles. The van der Waals surface area contributed by atoms with Crippen molar-refractivity contribution >= 4 is 10.0 Å². The fourth-order valence-electron chi connectivity index (χ4n) is 1.14. The van der Waals surface area contributed by atoms with Gasteiger partial charge in [-0.3, -0.25) is 0 Å². The van der Waals surface area contributed by atoms with Gasteiger partial charge in [0.15, 0.2) is 0 Å². The van der Waals surface area contributed by atoms with Crippen molar-refractivity contribution in [1.29, 1.82) is 0 Å². The molecule has 0 saturated heterocycles. The summed E-state index contributed by atoms with van der Waals surface area (Å²) in [4.78, 5) is 0. The molecule has 0 aliphatic rings. The zero-order valence-electron chi connectivity index (χ0n) is 7.65. The Morgan fingerprint density at radius 3 is 2.77 bits per heavy atom. The van der Waals surface area contributed by atoms with Crippen molar-refractivity contribution in [3.63, 3.8) is 0 Å². The molecule has 0 spiro atoms. The summed E-state index contributed by atoms with van der Waals surface area (Å²) < 4.78 is 29.2. The number of sulfonamides is 1. The molecule has 0 bridgehead atoms. The molecule has 1 rings (SSSR count). The highest BCUT2D eigenvalue weighted by atomic mass is 32.2. The Labute approximate surface area is 78.0 Å². The van der Waals surface area contributed by atoms with Gasteiger partial charge in [0.2, 0.25) is 10.0 Å². The van der Waals surface area contributed by atoms with Crippen molar-refractivity contribution < 1.29 is 12.8 Å². The highest BCUT2D eigenvalue weighted by Gasteiger charge is 2.10. The van der Waals surface area contributed by atoms with Crippen LogP contribution in [0.4, 0.5) is 0 Å². The molecule has 0 fully saturated rings. The van der Waals surface area contributed by atoms with E-state index >= 15 is 0 Å². The summed E-state index contributed by atoms with van der Waals surface area (Å²) >= 11 is 0. The number of hydrogen-bond acceptors (Lipinski definition) is 3. The van der Waals surface area contributed by atoms with Gasteiger partial charge in [0.1, 0.15) is 5.76 Å². The van der Waals surface area contributed by atoms with Gasteiger partial charge in [-0.05, 0) is 19.1 Å². The van der Waals surface area contributed by atoms with Crippen LogP contribution in [-0.4, -0.2) is 20.7 Å². The fraction of sp³-hybridized carbons (Fsp3) is 0.500. The van der Waals surface area contributed by atoms with Gasteiger partial charge in [0, 0.05) is 12.5 Å². The fourth-order valence-corrected chi connectivity index (χ4v) is 1.95. The third-order valence-electron chi connectivity index (χ3n) is 1.50. The lowest BCUT2D eigenvalue weighted by molar-refractivity contribution is 0.479. The number of nitrogens with one attached hydrogen (secondary N) is 1. The lowest BCUT2D eigenvalue weighted by Crippen LogP contribution is -2.32. The van der Waals surface area contributed by atoms with Gasteiger partial charge in [0.25, 0.3) is 0 Å². The molecule has 13 heavy (non-hydrogen) atoms. The second-order valence-corrected chi connectivity index (χ2v) is 4.85. The smallest absolute Gasteiger partial charge is 0.208 e. The first-order valence-corrected chi connectivity index (χ1v) is 5.86. The Hall–Kier alpha value is -0.810. The first-order valence-electron chi connectivity index (χ1n) is 3.97. The summed E-state index contributed by atoms with van der Waals surface area (Å²) in [6, 6.07) is 3.46. The van der Waals surface area contributed by atoms with Crippen molar-refractivity contribution in [3.8, 4) is 0 Å². The van der Waals surface area contributed by atoms with E-state index in [2.05, 4.69) is 4.72 Å². The number of hydrogen-bond donors (Lipinski definition) is 1. The quantitative estimate of drug-likeness (QED) is 0.786. The van der Waals surface area contributed by atoms with E-state index in [1.165, 1.54) is 0 Å². The molecule has 0 amide bonds. The van der Waals surface area contributed by atoms with Crippen molar-refractivity contribution in [2.24, 2.45) is 0 Å². The van der Waals surface area contributed by atoms with Gasteiger partial charge in [-0.15, -0.1) is 0 Å². The summed E-state index contributed by atoms with van der Waals surface area (Å²) in [5, 5.41) is 0. The second-order valence-electron chi connectivity index (χ2n) is 3.07. The topological polar surface area (TPSA) is 59.3 Å². The number of rotatable bonds is 4. The SMILES string of the molecule is CC(Cc1ccco1)NS(C)(=O)=O.